The number of phenolic OH excluding ortho intramolecular Hbond substituents is 1. The number of anilines is 2. The van der Waals surface area contributed by atoms with E-state index < -0.39 is 27.4 Å². The summed E-state index contributed by atoms with van der Waals surface area (Å²) in [5, 5.41) is 20.3. The lowest BCUT2D eigenvalue weighted by Crippen LogP contribution is -2.26. The molecule has 0 saturated carbocycles. The fourth-order valence-electron chi connectivity index (χ4n) is 3.72. The predicted molar refractivity (Wildman–Crippen MR) is 127 cm³/mol. The van der Waals surface area contributed by atoms with Crippen molar-refractivity contribution in [1.82, 2.24) is 15.2 Å². The smallest absolute Gasteiger partial charge is 0.232 e. The Morgan fingerprint density at radius 2 is 1.94 bits per heavy atom. The number of fused-ring (bicyclic) bond motifs is 1. The van der Waals surface area contributed by atoms with Crippen LogP contribution in [0.15, 0.2) is 42.6 Å². The molecule has 0 aliphatic rings. The number of phenols is 1. The predicted octanol–water partition coefficient (Wildman–Crippen LogP) is 4.18. The molecule has 2 heterocycles. The lowest BCUT2D eigenvalue weighted by atomic mass is 10.0. The largest absolute Gasteiger partial charge is 0.505 e. The number of pyridine rings is 1. The Morgan fingerprint density at radius 1 is 1.18 bits per heavy atom. The van der Waals surface area contributed by atoms with Crippen molar-refractivity contribution in [2.45, 2.75) is 19.9 Å². The summed E-state index contributed by atoms with van der Waals surface area (Å²) in [6, 6.07) is 8.51. The van der Waals surface area contributed by atoms with Gasteiger partial charge in [-0.1, -0.05) is 13.0 Å². The molecule has 0 aliphatic heterocycles. The zero-order chi connectivity index (χ0) is 24.6. The van der Waals surface area contributed by atoms with Crippen LogP contribution in [0.25, 0.3) is 22.2 Å². The van der Waals surface area contributed by atoms with Crippen LogP contribution in [0, 0.1) is 11.6 Å². The van der Waals surface area contributed by atoms with Crippen LogP contribution in [0.3, 0.4) is 0 Å². The number of nitrogens with zero attached hydrogens (tertiary/aromatic N) is 3. The summed E-state index contributed by atoms with van der Waals surface area (Å²) >= 11 is 0. The molecule has 0 atom stereocenters. The third-order valence-electron chi connectivity index (χ3n) is 5.63. The van der Waals surface area contributed by atoms with Gasteiger partial charge in [0.2, 0.25) is 10.0 Å². The van der Waals surface area contributed by atoms with E-state index in [2.05, 4.69) is 20.5 Å². The van der Waals surface area contributed by atoms with Crippen LogP contribution >= 0.6 is 0 Å². The molecule has 0 radical (unpaired) electrons. The molecule has 0 unspecified atom stereocenters. The number of benzene rings is 2. The second-order valence-corrected chi connectivity index (χ2v) is 9.84. The minimum Gasteiger partial charge on any atom is -0.505 e. The Hall–Kier alpha value is -3.73. The molecule has 0 saturated heterocycles. The van der Waals surface area contributed by atoms with Gasteiger partial charge in [-0.3, -0.25) is 9.40 Å². The topological polar surface area (TPSA) is 111 Å². The number of halogens is 2. The highest BCUT2D eigenvalue weighted by Crippen LogP contribution is 2.33. The van der Waals surface area contributed by atoms with Crippen LogP contribution in [0.5, 0.6) is 5.75 Å². The summed E-state index contributed by atoms with van der Waals surface area (Å²) in [6.45, 7) is 1.81. The molecule has 2 aromatic carbocycles. The van der Waals surface area contributed by atoms with E-state index in [0.29, 0.717) is 40.0 Å². The average molecular weight is 488 g/mol. The van der Waals surface area contributed by atoms with Crippen molar-refractivity contribution in [3.05, 3.63) is 65.4 Å². The Kier molecular flexibility index (Phi) is 6.13. The number of aromatic nitrogens is 3. The quantitative estimate of drug-likeness (QED) is 0.361. The maximum Gasteiger partial charge on any atom is 0.232 e. The van der Waals surface area contributed by atoms with E-state index in [0.717, 1.165) is 10.6 Å². The fraction of sp³-hybridized carbons (Fsp3) is 0.217. The van der Waals surface area contributed by atoms with Gasteiger partial charge in [0.15, 0.2) is 11.6 Å². The molecular weight excluding hydrogens is 464 g/mol. The Balaban J connectivity index is 1.77. The number of sulfonamides is 1. The summed E-state index contributed by atoms with van der Waals surface area (Å²) in [4.78, 5) is 4.62. The molecule has 0 aliphatic carbocycles. The number of aromatic hydroxyl groups is 1. The van der Waals surface area contributed by atoms with Crippen LogP contribution in [-0.4, -0.2) is 42.0 Å². The van der Waals surface area contributed by atoms with Gasteiger partial charge < -0.3 is 10.4 Å². The second kappa shape index (κ2) is 8.90. The second-order valence-electron chi connectivity index (χ2n) is 7.82. The van der Waals surface area contributed by atoms with Gasteiger partial charge >= 0.3 is 0 Å². The van der Waals surface area contributed by atoms with E-state index >= 15 is 0 Å². The van der Waals surface area contributed by atoms with Gasteiger partial charge in [0.25, 0.3) is 0 Å². The first-order chi connectivity index (χ1) is 16.1. The average Bonchev–Trinajstić information content (AvgIpc) is 3.27. The van der Waals surface area contributed by atoms with E-state index in [4.69, 9.17) is 0 Å². The SMILES string of the molecule is CCc1cc(O)c(F)cc1-c1cc2[nH]ncc2c(NCc2c(F)cccc2N(C)S(C)(=O)=O)n1. The maximum atomic E-state index is 14.7. The van der Waals surface area contributed by atoms with E-state index in [1.807, 2.05) is 6.92 Å². The van der Waals surface area contributed by atoms with Gasteiger partial charge in [0.05, 0.1) is 34.7 Å². The van der Waals surface area contributed by atoms with Crippen LogP contribution in [0.2, 0.25) is 0 Å². The monoisotopic (exact) mass is 487 g/mol. The third-order valence-corrected chi connectivity index (χ3v) is 6.82. The van der Waals surface area contributed by atoms with Crippen molar-refractivity contribution in [3.63, 3.8) is 0 Å². The minimum absolute atomic E-state index is 0.0663. The van der Waals surface area contributed by atoms with Gasteiger partial charge in [-0.25, -0.2) is 22.2 Å². The van der Waals surface area contributed by atoms with Crippen LogP contribution < -0.4 is 9.62 Å². The molecule has 34 heavy (non-hydrogen) atoms. The van der Waals surface area contributed by atoms with Crippen molar-refractivity contribution >= 4 is 32.4 Å². The first-order valence-corrected chi connectivity index (χ1v) is 12.3. The van der Waals surface area contributed by atoms with Crippen molar-refractivity contribution in [1.29, 1.82) is 0 Å². The molecular formula is C23H23F2N5O3S. The third kappa shape index (κ3) is 4.38. The first kappa shape index (κ1) is 23.4. The van der Waals surface area contributed by atoms with Gasteiger partial charge in [-0.15, -0.1) is 0 Å². The highest BCUT2D eigenvalue weighted by atomic mass is 32.2. The molecule has 0 amide bonds. The van der Waals surface area contributed by atoms with Crippen molar-refractivity contribution < 1.29 is 22.3 Å². The van der Waals surface area contributed by atoms with Crippen molar-refractivity contribution in [2.75, 3.05) is 22.9 Å². The fourth-order valence-corrected chi connectivity index (χ4v) is 4.25. The number of hydrogen-bond acceptors (Lipinski definition) is 6. The van der Waals surface area contributed by atoms with E-state index in [9.17, 15) is 22.3 Å². The molecule has 0 fully saturated rings. The molecule has 2 aromatic heterocycles. The summed E-state index contributed by atoms with van der Waals surface area (Å²) in [5.74, 6) is -1.43. The first-order valence-electron chi connectivity index (χ1n) is 10.4. The minimum atomic E-state index is -3.61. The number of aromatic amines is 1. The van der Waals surface area contributed by atoms with Crippen LogP contribution in [0.4, 0.5) is 20.3 Å². The highest BCUT2D eigenvalue weighted by Gasteiger charge is 2.20. The normalized spacial score (nSPS) is 11.7. The Bertz CT molecular complexity index is 1490. The number of nitrogens with one attached hydrogen (secondary N) is 2. The molecule has 3 N–H and O–H groups in total. The molecule has 0 spiro atoms. The summed E-state index contributed by atoms with van der Waals surface area (Å²) < 4.78 is 53.9. The number of aryl methyl sites for hydroxylation is 1. The molecule has 11 heteroatoms. The van der Waals surface area contributed by atoms with E-state index in [1.165, 1.54) is 37.4 Å². The summed E-state index contributed by atoms with van der Waals surface area (Å²) in [6.07, 6.45) is 3.12. The van der Waals surface area contributed by atoms with E-state index in [1.54, 1.807) is 12.3 Å². The number of hydrogen-bond donors (Lipinski definition) is 3. The van der Waals surface area contributed by atoms with Crippen molar-refractivity contribution in [2.24, 2.45) is 0 Å². The van der Waals surface area contributed by atoms with E-state index in [-0.39, 0.29) is 17.8 Å². The van der Waals surface area contributed by atoms with Gasteiger partial charge in [0, 0.05) is 24.7 Å². The Morgan fingerprint density at radius 3 is 2.65 bits per heavy atom. The van der Waals surface area contributed by atoms with Gasteiger partial charge in [-0.2, -0.15) is 5.10 Å². The standard InChI is InChI=1S/C23H23F2N5O3S/c1-4-13-8-22(31)18(25)9-14(13)19-10-20-16(12-27-29-20)23(28-19)26-11-15-17(24)6-5-7-21(15)30(2)34(3,32)33/h5-10,12,31H,4,11H2,1-3H3,(H,26,28)(H,27,29). The molecule has 4 aromatic rings. The molecule has 0 bridgehead atoms. The molecule has 8 nitrogen and oxygen atoms in total. The lowest BCUT2D eigenvalue weighted by molar-refractivity contribution is 0.432. The Labute approximate surface area is 195 Å². The number of rotatable bonds is 7. The zero-order valence-corrected chi connectivity index (χ0v) is 19.5. The highest BCUT2D eigenvalue weighted by molar-refractivity contribution is 7.92. The summed E-state index contributed by atoms with van der Waals surface area (Å²) in [5.41, 5.74) is 2.58. The van der Waals surface area contributed by atoms with Crippen LogP contribution in [0.1, 0.15) is 18.1 Å². The zero-order valence-electron chi connectivity index (χ0n) is 18.7. The summed E-state index contributed by atoms with van der Waals surface area (Å²) in [7, 11) is -2.26. The van der Waals surface area contributed by atoms with Gasteiger partial charge in [0.1, 0.15) is 11.6 Å². The lowest BCUT2D eigenvalue weighted by Gasteiger charge is -2.21. The van der Waals surface area contributed by atoms with Crippen LogP contribution in [-0.2, 0) is 23.0 Å². The molecule has 178 valence electrons. The van der Waals surface area contributed by atoms with Crippen molar-refractivity contribution in [3.8, 4) is 17.0 Å². The van der Waals surface area contributed by atoms with Gasteiger partial charge in [-0.05, 0) is 42.3 Å². The maximum absolute atomic E-state index is 14.7. The molecule has 4 rings (SSSR count). The number of H-pyrrole nitrogens is 1.